The molecule has 0 saturated heterocycles. The van der Waals surface area contributed by atoms with E-state index in [9.17, 15) is 18.0 Å². The molecule has 136 valence electrons. The minimum Gasteiger partial charge on any atom is -0.296 e. The van der Waals surface area contributed by atoms with Crippen molar-refractivity contribution in [2.75, 3.05) is 7.05 Å². The topological polar surface area (TPSA) is 37.6 Å². The molecule has 3 rings (SSSR count). The van der Waals surface area contributed by atoms with Gasteiger partial charge in [0.25, 0.3) is 5.56 Å². The fourth-order valence-electron chi connectivity index (χ4n) is 2.77. The highest BCUT2D eigenvalue weighted by Gasteiger charge is 2.33. The van der Waals surface area contributed by atoms with Gasteiger partial charge in [-0.3, -0.25) is 14.1 Å². The van der Waals surface area contributed by atoms with E-state index < -0.39 is 11.7 Å². The van der Waals surface area contributed by atoms with Crippen LogP contribution in [0.25, 0.3) is 5.65 Å². The summed E-state index contributed by atoms with van der Waals surface area (Å²) < 4.78 is 40.6. The molecule has 26 heavy (non-hydrogen) atoms. The van der Waals surface area contributed by atoms with Gasteiger partial charge in [-0.25, -0.2) is 4.98 Å². The smallest absolute Gasteiger partial charge is 0.296 e. The van der Waals surface area contributed by atoms with Crippen molar-refractivity contribution in [1.29, 1.82) is 0 Å². The maximum atomic E-state index is 13.1. The van der Waals surface area contributed by atoms with Crippen LogP contribution in [-0.4, -0.2) is 21.3 Å². The summed E-state index contributed by atoms with van der Waals surface area (Å²) in [5.74, 6) is 0. The Kier molecular flexibility index (Phi) is 5.02. The second kappa shape index (κ2) is 7.09. The van der Waals surface area contributed by atoms with Gasteiger partial charge in [0.2, 0.25) is 0 Å². The van der Waals surface area contributed by atoms with Crippen molar-refractivity contribution in [2.24, 2.45) is 0 Å². The Morgan fingerprint density at radius 3 is 2.62 bits per heavy atom. The summed E-state index contributed by atoms with van der Waals surface area (Å²) in [7, 11) is 1.68. The quantitative estimate of drug-likeness (QED) is 0.685. The normalized spacial score (nSPS) is 12.1. The third kappa shape index (κ3) is 4.05. The van der Waals surface area contributed by atoms with Gasteiger partial charge in [0.05, 0.1) is 16.3 Å². The summed E-state index contributed by atoms with van der Waals surface area (Å²) in [4.78, 5) is 18.2. The van der Waals surface area contributed by atoms with Crippen molar-refractivity contribution in [3.8, 4) is 0 Å². The van der Waals surface area contributed by atoms with Crippen molar-refractivity contribution in [3.63, 3.8) is 0 Å². The lowest BCUT2D eigenvalue weighted by Gasteiger charge is -2.19. The average Bonchev–Trinajstić information content (AvgIpc) is 2.55. The molecule has 0 fully saturated rings. The molecule has 2 heterocycles. The largest absolute Gasteiger partial charge is 0.416 e. The molecule has 0 amide bonds. The van der Waals surface area contributed by atoms with E-state index in [1.165, 1.54) is 28.8 Å². The van der Waals surface area contributed by atoms with Gasteiger partial charge >= 0.3 is 6.18 Å². The average molecular weight is 382 g/mol. The summed E-state index contributed by atoms with van der Waals surface area (Å²) >= 11 is 5.87. The lowest BCUT2D eigenvalue weighted by molar-refractivity contribution is -0.138. The van der Waals surface area contributed by atoms with Crippen LogP contribution < -0.4 is 5.56 Å². The maximum absolute atomic E-state index is 13.1. The van der Waals surface area contributed by atoms with Crippen molar-refractivity contribution in [3.05, 3.63) is 80.9 Å². The lowest BCUT2D eigenvalue weighted by atomic mass is 10.1. The second-order valence-corrected chi connectivity index (χ2v) is 6.42. The van der Waals surface area contributed by atoms with Crippen LogP contribution in [0.5, 0.6) is 0 Å². The zero-order chi connectivity index (χ0) is 18.9. The van der Waals surface area contributed by atoms with E-state index in [0.29, 0.717) is 16.4 Å². The number of benzene rings is 1. The summed E-state index contributed by atoms with van der Waals surface area (Å²) in [5.41, 5.74) is 0.127. The first-order chi connectivity index (χ1) is 12.2. The zero-order valence-electron chi connectivity index (χ0n) is 13.8. The van der Waals surface area contributed by atoms with Gasteiger partial charge in [-0.2, -0.15) is 13.2 Å². The summed E-state index contributed by atoms with van der Waals surface area (Å²) in [6, 6.07) is 10.0. The molecule has 8 heteroatoms. The predicted octanol–water partition coefficient (Wildman–Crippen LogP) is 4.00. The van der Waals surface area contributed by atoms with Gasteiger partial charge < -0.3 is 0 Å². The van der Waals surface area contributed by atoms with Crippen LogP contribution in [0.3, 0.4) is 0 Å². The summed E-state index contributed by atoms with van der Waals surface area (Å²) in [5, 5.41) is 0.412. The second-order valence-electron chi connectivity index (χ2n) is 5.99. The zero-order valence-corrected chi connectivity index (χ0v) is 14.6. The highest BCUT2D eigenvalue weighted by Crippen LogP contribution is 2.32. The van der Waals surface area contributed by atoms with Crippen LogP contribution in [0.1, 0.15) is 16.8 Å². The Hall–Kier alpha value is -2.38. The van der Waals surface area contributed by atoms with E-state index in [1.54, 1.807) is 30.1 Å². The van der Waals surface area contributed by atoms with Gasteiger partial charge in [-0.05, 0) is 30.8 Å². The molecule has 0 aliphatic heterocycles. The summed E-state index contributed by atoms with van der Waals surface area (Å²) in [6.45, 7) is 0.317. The van der Waals surface area contributed by atoms with E-state index in [0.717, 1.165) is 6.07 Å². The van der Waals surface area contributed by atoms with Crippen LogP contribution in [0.4, 0.5) is 13.2 Å². The van der Waals surface area contributed by atoms with Crippen molar-refractivity contribution < 1.29 is 13.2 Å². The Bertz CT molecular complexity index is 1000. The lowest BCUT2D eigenvalue weighted by Crippen LogP contribution is -2.23. The minimum absolute atomic E-state index is 0.0807. The molecule has 0 unspecified atom stereocenters. The minimum atomic E-state index is -4.41. The Balaban J connectivity index is 1.83. The number of hydrogen-bond acceptors (Lipinski definition) is 3. The number of pyridine rings is 1. The molecule has 0 radical (unpaired) electrons. The number of nitrogens with zero attached hydrogens (tertiary/aromatic N) is 3. The van der Waals surface area contributed by atoms with Crippen molar-refractivity contribution in [2.45, 2.75) is 19.3 Å². The molecule has 1 aromatic carbocycles. The van der Waals surface area contributed by atoms with E-state index in [2.05, 4.69) is 4.98 Å². The molecular weight excluding hydrogens is 367 g/mol. The number of aromatic nitrogens is 2. The monoisotopic (exact) mass is 381 g/mol. The SMILES string of the molecule is CN(Cc1cc(=O)n2cc(Cl)ccc2n1)Cc1ccccc1C(F)(F)F. The third-order valence-corrected chi connectivity index (χ3v) is 4.10. The molecule has 0 atom stereocenters. The first-order valence-electron chi connectivity index (χ1n) is 7.75. The van der Waals surface area contributed by atoms with E-state index in [-0.39, 0.29) is 24.2 Å². The molecule has 0 aliphatic carbocycles. The van der Waals surface area contributed by atoms with Crippen molar-refractivity contribution in [1.82, 2.24) is 14.3 Å². The van der Waals surface area contributed by atoms with Crippen LogP contribution in [0, 0.1) is 0 Å². The third-order valence-electron chi connectivity index (χ3n) is 3.87. The number of hydrogen-bond donors (Lipinski definition) is 0. The molecule has 3 aromatic rings. The van der Waals surface area contributed by atoms with Crippen LogP contribution >= 0.6 is 11.6 Å². The van der Waals surface area contributed by atoms with Crippen molar-refractivity contribution >= 4 is 17.2 Å². The molecular formula is C18H15ClF3N3O. The first kappa shape index (κ1) is 18.4. The first-order valence-corrected chi connectivity index (χ1v) is 8.13. The fourth-order valence-corrected chi connectivity index (χ4v) is 2.93. The molecule has 0 saturated carbocycles. The van der Waals surface area contributed by atoms with Gasteiger partial charge in [-0.1, -0.05) is 29.8 Å². The molecule has 0 spiro atoms. The van der Waals surface area contributed by atoms with Crippen LogP contribution in [-0.2, 0) is 19.3 Å². The van der Waals surface area contributed by atoms with Gasteiger partial charge in [0, 0.05) is 25.4 Å². The van der Waals surface area contributed by atoms with Gasteiger partial charge in [0.1, 0.15) is 5.65 Å². The Morgan fingerprint density at radius 1 is 1.15 bits per heavy atom. The molecule has 4 nitrogen and oxygen atoms in total. The molecule has 0 aliphatic rings. The van der Waals surface area contributed by atoms with E-state index in [4.69, 9.17) is 11.6 Å². The number of alkyl halides is 3. The van der Waals surface area contributed by atoms with Gasteiger partial charge in [-0.15, -0.1) is 0 Å². The summed E-state index contributed by atoms with van der Waals surface area (Å²) in [6.07, 6.45) is -2.93. The maximum Gasteiger partial charge on any atom is 0.416 e. The fraction of sp³-hybridized carbons (Fsp3) is 0.222. The van der Waals surface area contributed by atoms with E-state index >= 15 is 0 Å². The van der Waals surface area contributed by atoms with E-state index in [1.807, 2.05) is 0 Å². The predicted molar refractivity (Wildman–Crippen MR) is 93.1 cm³/mol. The van der Waals surface area contributed by atoms with Crippen LogP contribution in [0.15, 0.2) is 53.5 Å². The number of fused-ring (bicyclic) bond motifs is 1. The molecule has 0 bridgehead atoms. The highest BCUT2D eigenvalue weighted by molar-refractivity contribution is 6.30. The Morgan fingerprint density at radius 2 is 1.88 bits per heavy atom. The number of halogens is 4. The Labute approximate surface area is 152 Å². The van der Waals surface area contributed by atoms with Crippen LogP contribution in [0.2, 0.25) is 5.02 Å². The number of rotatable bonds is 4. The highest BCUT2D eigenvalue weighted by atomic mass is 35.5. The molecule has 2 aromatic heterocycles. The standard InChI is InChI=1S/C18H15ClF3N3O/c1-24(9-12-4-2-3-5-15(12)18(20,21)22)11-14-8-17(26)25-10-13(19)6-7-16(25)23-14/h2-8,10H,9,11H2,1H3. The molecule has 0 N–H and O–H groups in total. The van der Waals surface area contributed by atoms with Gasteiger partial charge in [0.15, 0.2) is 0 Å².